The van der Waals surface area contributed by atoms with E-state index in [1.165, 1.54) is 0 Å². The van der Waals surface area contributed by atoms with Crippen molar-refractivity contribution >= 4 is 23.4 Å². The van der Waals surface area contributed by atoms with E-state index >= 15 is 0 Å². The van der Waals surface area contributed by atoms with Crippen molar-refractivity contribution in [3.8, 4) is 0 Å². The van der Waals surface area contributed by atoms with Crippen molar-refractivity contribution in [2.45, 2.75) is 5.51 Å². The highest BCUT2D eigenvalue weighted by Gasteiger charge is 2.39. The van der Waals surface area contributed by atoms with Crippen molar-refractivity contribution in [3.05, 3.63) is 0 Å². The first-order valence-corrected chi connectivity index (χ1v) is 5.85. The molecule has 0 aromatic rings. The summed E-state index contributed by atoms with van der Waals surface area (Å²) in [6.45, 7) is 0. The highest BCUT2D eigenvalue weighted by molar-refractivity contribution is 8.12. The van der Waals surface area contributed by atoms with Crippen LogP contribution in [0, 0.1) is 0 Å². The summed E-state index contributed by atoms with van der Waals surface area (Å²) in [6, 6.07) is 0. The van der Waals surface area contributed by atoms with Crippen molar-refractivity contribution in [2.75, 3.05) is 0 Å². The van der Waals surface area contributed by atoms with E-state index in [0.29, 0.717) is 0 Å². The quantitative estimate of drug-likeness (QED) is 0.448. The van der Waals surface area contributed by atoms with Crippen LogP contribution in [0.5, 0.6) is 0 Å². The second-order valence-electron chi connectivity index (χ2n) is 1.22. The molecule has 0 aliphatic carbocycles. The summed E-state index contributed by atoms with van der Waals surface area (Å²) in [5.41, 5.74) is -5.03. The van der Waals surface area contributed by atoms with E-state index in [-0.39, 0.29) is 0 Å². The summed E-state index contributed by atoms with van der Waals surface area (Å²) in [7, 11) is -4.70. The van der Waals surface area contributed by atoms with E-state index in [4.69, 9.17) is 0 Å². The first-order valence-electron chi connectivity index (χ1n) is 1.51. The smallest absolute Gasteiger partial charge is 0.244 e. The van der Waals surface area contributed by atoms with Crippen LogP contribution in [0.3, 0.4) is 0 Å². The monoisotopic (exact) mass is 162 g/mol. The third kappa shape index (κ3) is 2.03. The number of hydrogen-bond acceptors (Lipinski definition) is 2. The van der Waals surface area contributed by atoms with Gasteiger partial charge >= 0.3 is 20.7 Å². The van der Waals surface area contributed by atoms with E-state index in [9.17, 15) is 21.6 Å². The largest absolute Gasteiger partial charge is 0.476 e. The highest BCUT2D eigenvalue weighted by Crippen LogP contribution is 2.20. The van der Waals surface area contributed by atoms with Gasteiger partial charge in [-0.05, 0) is 0 Å². The Morgan fingerprint density at radius 2 is 1.38 bits per heavy atom. The minimum atomic E-state index is -5.03. The Bertz CT molecular complexity index is 166. The van der Waals surface area contributed by atoms with Crippen LogP contribution in [0.1, 0.15) is 0 Å². The average molecular weight is 162 g/mol. The molecule has 0 radical (unpaired) electrons. The molecule has 8 heavy (non-hydrogen) atoms. The lowest BCUT2D eigenvalue weighted by atomic mass is 11.6. The average Bonchev–Trinajstić information content (AvgIpc) is 1.25. The van der Waals surface area contributed by atoms with Crippen LogP contribution in [-0.4, -0.2) is 29.1 Å². The highest BCUT2D eigenvalue weighted by atomic mass is 32.4. The van der Waals surface area contributed by atoms with Crippen LogP contribution in [0.4, 0.5) is 13.2 Å². The number of halogens is 3. The Morgan fingerprint density at radius 3 is 1.38 bits per heavy atom. The summed E-state index contributed by atoms with van der Waals surface area (Å²) >= 11 is -0.866. The molecule has 0 N–H and O–H groups in total. The molecular formula is CH2AlF3O2S. The maximum absolute atomic E-state index is 11.0. The third-order valence-corrected chi connectivity index (χ3v) is 2.65. The second-order valence-corrected chi connectivity index (χ2v) is 6.45. The molecule has 0 aliphatic rings. The van der Waals surface area contributed by atoms with Gasteiger partial charge in [-0.25, -0.2) is 8.42 Å². The normalized spacial score (nSPS) is 13.9. The van der Waals surface area contributed by atoms with Crippen molar-refractivity contribution in [1.82, 2.24) is 0 Å². The third-order valence-electron chi connectivity index (χ3n) is 0.420. The molecule has 0 unspecified atom stereocenters. The van der Waals surface area contributed by atoms with E-state index in [0.717, 1.165) is 0 Å². The van der Waals surface area contributed by atoms with Crippen molar-refractivity contribution in [3.63, 3.8) is 0 Å². The Kier molecular flexibility index (Phi) is 1.96. The second kappa shape index (κ2) is 1.90. The minimum absolute atomic E-state index is 0.866. The lowest BCUT2D eigenvalue weighted by Gasteiger charge is -2.00. The molecule has 0 atom stereocenters. The molecule has 0 amide bonds. The van der Waals surface area contributed by atoms with Crippen LogP contribution in [0.2, 0.25) is 0 Å². The van der Waals surface area contributed by atoms with E-state index in [1.807, 2.05) is 0 Å². The molecule has 0 fully saturated rings. The Morgan fingerprint density at radius 1 is 1.25 bits per heavy atom. The maximum atomic E-state index is 11.0. The summed E-state index contributed by atoms with van der Waals surface area (Å²) in [5, 5.41) is 0. The molecule has 0 saturated carbocycles. The Hall–Kier alpha value is 0.272. The standard InChI is InChI=1S/CF3O2S.Al.2H/c2-1(3,4)7(5)6;;;. The molecular weight excluding hydrogens is 160 g/mol. The van der Waals surface area contributed by atoms with Gasteiger partial charge in [0.15, 0.2) is 0 Å². The zero-order valence-corrected chi connectivity index (χ0v) is 6.68. The van der Waals surface area contributed by atoms with Gasteiger partial charge in [-0.3, -0.25) is 0 Å². The molecule has 0 aliphatic heterocycles. The SMILES string of the molecule is O=[S](=O)([AlH2])C(F)(F)F. The Balaban J connectivity index is 4.53. The van der Waals surface area contributed by atoms with Gasteiger partial charge in [-0.2, -0.15) is 13.2 Å². The van der Waals surface area contributed by atoms with Crippen LogP contribution in [-0.2, 0) is 8.20 Å². The molecule has 48 valence electrons. The predicted octanol–water partition coefficient (Wildman–Crippen LogP) is -0.531. The van der Waals surface area contributed by atoms with Crippen LogP contribution < -0.4 is 0 Å². The molecule has 7 heteroatoms. The lowest BCUT2D eigenvalue weighted by molar-refractivity contribution is -0.0413. The molecule has 0 spiro atoms. The molecule has 0 aromatic carbocycles. The molecule has 2 nitrogen and oxygen atoms in total. The van der Waals surface area contributed by atoms with Gasteiger partial charge in [0.25, 0.3) is 0 Å². The fourth-order valence-corrected chi connectivity index (χ4v) is 0. The van der Waals surface area contributed by atoms with E-state index in [2.05, 4.69) is 0 Å². The van der Waals surface area contributed by atoms with Crippen molar-refractivity contribution < 1.29 is 21.6 Å². The van der Waals surface area contributed by atoms with Gasteiger partial charge < -0.3 is 0 Å². The van der Waals surface area contributed by atoms with Crippen molar-refractivity contribution in [2.24, 2.45) is 0 Å². The molecule has 0 bridgehead atoms. The summed E-state index contributed by atoms with van der Waals surface area (Å²) < 4.78 is 52.2. The van der Waals surface area contributed by atoms with Crippen LogP contribution in [0.25, 0.3) is 0 Å². The Labute approximate surface area is 51.1 Å². The van der Waals surface area contributed by atoms with Gasteiger partial charge in [0, 0.05) is 0 Å². The molecule has 0 heterocycles. The topological polar surface area (TPSA) is 34.1 Å². The minimum Gasteiger partial charge on any atom is -0.244 e. The number of hydrogen-bond donors (Lipinski definition) is 0. The van der Waals surface area contributed by atoms with Crippen molar-refractivity contribution in [1.29, 1.82) is 0 Å². The fourth-order valence-electron chi connectivity index (χ4n) is 0. The molecule has 0 aromatic heterocycles. The van der Waals surface area contributed by atoms with Gasteiger partial charge in [-0.15, -0.1) is 0 Å². The zero-order chi connectivity index (χ0) is 7.00. The maximum Gasteiger partial charge on any atom is 0.476 e. The fraction of sp³-hybridized carbons (Fsp3) is 1.00. The lowest BCUT2D eigenvalue weighted by Crippen LogP contribution is -2.22. The van der Waals surface area contributed by atoms with Gasteiger partial charge in [-0.1, -0.05) is 0 Å². The van der Waals surface area contributed by atoms with Crippen LogP contribution >= 0.6 is 0 Å². The molecule has 0 saturated heterocycles. The summed E-state index contributed by atoms with van der Waals surface area (Å²) in [5.74, 6) is 0. The molecule has 0 rings (SSSR count). The predicted molar refractivity (Wildman–Crippen MR) is 23.5 cm³/mol. The number of alkyl halides is 3. The van der Waals surface area contributed by atoms with Crippen LogP contribution in [0.15, 0.2) is 0 Å². The van der Waals surface area contributed by atoms with Gasteiger partial charge in [0.1, 0.15) is 8.20 Å². The summed E-state index contributed by atoms with van der Waals surface area (Å²) in [6.07, 6.45) is 0. The van der Waals surface area contributed by atoms with E-state index < -0.39 is 28.9 Å². The van der Waals surface area contributed by atoms with Gasteiger partial charge in [0.05, 0.1) is 0 Å². The first-order chi connectivity index (χ1) is 3.25. The zero-order valence-electron chi connectivity index (χ0n) is 3.86. The summed E-state index contributed by atoms with van der Waals surface area (Å²) in [4.78, 5) is 0. The van der Waals surface area contributed by atoms with Gasteiger partial charge in [0.2, 0.25) is 0 Å². The number of rotatable bonds is 0. The van der Waals surface area contributed by atoms with E-state index in [1.54, 1.807) is 0 Å². The first kappa shape index (κ1) is 8.27.